The molecule has 0 saturated carbocycles. The molecule has 0 radical (unpaired) electrons. The molecule has 7 heteroatoms. The third-order valence-corrected chi connectivity index (χ3v) is 5.78. The molecule has 1 heterocycles. The van der Waals surface area contributed by atoms with Gasteiger partial charge in [-0.1, -0.05) is 41.0 Å². The molecule has 2 aromatic rings. The van der Waals surface area contributed by atoms with Crippen molar-refractivity contribution in [2.45, 2.75) is 36.4 Å². The largest absolute Gasteiger partial charge is 0.349 e. The Morgan fingerprint density at radius 1 is 1.36 bits per heavy atom. The van der Waals surface area contributed by atoms with E-state index in [1.165, 1.54) is 11.8 Å². The second kappa shape index (κ2) is 7.68. The summed E-state index contributed by atoms with van der Waals surface area (Å²) in [5, 5.41) is 5.86. The molecule has 3 nitrogen and oxygen atoms in total. The number of nitrogens with one attached hydrogen (secondary N) is 1. The van der Waals surface area contributed by atoms with Gasteiger partial charge in [-0.05, 0) is 38.5 Å². The highest BCUT2D eigenvalue weighted by Gasteiger charge is 2.19. The van der Waals surface area contributed by atoms with E-state index in [1.807, 2.05) is 32.2 Å². The van der Waals surface area contributed by atoms with E-state index in [-0.39, 0.29) is 17.2 Å². The molecule has 0 saturated heterocycles. The smallest absolute Gasteiger partial charge is 0.233 e. The second-order valence-corrected chi connectivity index (χ2v) is 8.20. The minimum Gasteiger partial charge on any atom is -0.349 e. The first-order valence-corrected chi connectivity index (χ1v) is 9.22. The van der Waals surface area contributed by atoms with Crippen molar-refractivity contribution in [2.24, 2.45) is 0 Å². The molecule has 1 aromatic heterocycles. The number of halogens is 2. The summed E-state index contributed by atoms with van der Waals surface area (Å²) >= 11 is 15.1. The lowest BCUT2D eigenvalue weighted by Crippen LogP contribution is -2.33. The van der Waals surface area contributed by atoms with Gasteiger partial charge in [-0.25, -0.2) is 4.98 Å². The van der Waals surface area contributed by atoms with E-state index in [0.717, 1.165) is 15.6 Å². The minimum absolute atomic E-state index is 0.0450. The predicted octanol–water partition coefficient (Wildman–Crippen LogP) is 5.12. The average Bonchev–Trinajstić information content (AvgIpc) is 2.83. The van der Waals surface area contributed by atoms with Crippen LogP contribution < -0.4 is 5.32 Å². The lowest BCUT2D eigenvalue weighted by molar-refractivity contribution is -0.120. The lowest BCUT2D eigenvalue weighted by atomic mass is 10.1. The van der Waals surface area contributed by atoms with Gasteiger partial charge in [0, 0.05) is 21.1 Å². The predicted molar refractivity (Wildman–Crippen MR) is 95.2 cm³/mol. The Hall–Kier alpha value is -0.750. The van der Waals surface area contributed by atoms with E-state index in [2.05, 4.69) is 10.3 Å². The van der Waals surface area contributed by atoms with E-state index in [0.29, 0.717) is 10.0 Å². The van der Waals surface area contributed by atoms with Crippen LogP contribution in [-0.2, 0) is 4.79 Å². The van der Waals surface area contributed by atoms with Crippen molar-refractivity contribution in [3.63, 3.8) is 0 Å². The van der Waals surface area contributed by atoms with Crippen LogP contribution in [0.3, 0.4) is 0 Å². The Kier molecular flexibility index (Phi) is 6.15. The summed E-state index contributed by atoms with van der Waals surface area (Å²) in [7, 11) is 0. The Morgan fingerprint density at radius 2 is 2.09 bits per heavy atom. The molecular formula is C15H16Cl2N2OS2. The molecule has 1 N–H and O–H groups in total. The van der Waals surface area contributed by atoms with Crippen molar-refractivity contribution in [1.82, 2.24) is 10.3 Å². The maximum atomic E-state index is 12.3. The number of rotatable bonds is 5. The standard InChI is InChI=1S/C15H16Cl2N2OS2/c1-8-7-21-15(18-8)22-10(3)14(20)19-9(2)12-5-4-11(16)6-13(12)17/h4-7,9-10H,1-3H3,(H,19,20). The fourth-order valence-corrected chi connectivity index (χ4v) is 4.42. The summed E-state index contributed by atoms with van der Waals surface area (Å²) in [6.07, 6.45) is 0. The highest BCUT2D eigenvalue weighted by molar-refractivity contribution is 8.02. The van der Waals surface area contributed by atoms with Gasteiger partial charge in [0.1, 0.15) is 0 Å². The summed E-state index contributed by atoms with van der Waals surface area (Å²) < 4.78 is 0.900. The van der Waals surface area contributed by atoms with Gasteiger partial charge in [-0.3, -0.25) is 4.79 Å². The quantitative estimate of drug-likeness (QED) is 0.738. The van der Waals surface area contributed by atoms with Gasteiger partial charge in [0.15, 0.2) is 4.34 Å². The SMILES string of the molecule is Cc1csc(SC(C)C(=O)NC(C)c2ccc(Cl)cc2Cl)n1. The lowest BCUT2D eigenvalue weighted by Gasteiger charge is -2.18. The van der Waals surface area contributed by atoms with Gasteiger partial charge in [-0.15, -0.1) is 11.3 Å². The highest BCUT2D eigenvalue weighted by atomic mass is 35.5. The van der Waals surface area contributed by atoms with E-state index in [4.69, 9.17) is 23.2 Å². The second-order valence-electron chi connectivity index (χ2n) is 4.91. The number of amides is 1. The molecule has 22 heavy (non-hydrogen) atoms. The maximum Gasteiger partial charge on any atom is 0.233 e. The van der Waals surface area contributed by atoms with Crippen molar-refractivity contribution in [2.75, 3.05) is 0 Å². The zero-order chi connectivity index (χ0) is 16.3. The first-order valence-electron chi connectivity index (χ1n) is 6.71. The van der Waals surface area contributed by atoms with Crippen molar-refractivity contribution < 1.29 is 4.79 Å². The average molecular weight is 375 g/mol. The number of thiazole rings is 1. The first kappa shape index (κ1) is 17.6. The van der Waals surface area contributed by atoms with Crippen molar-refractivity contribution in [1.29, 1.82) is 0 Å². The molecule has 2 atom stereocenters. The van der Waals surface area contributed by atoms with Crippen LogP contribution in [0.15, 0.2) is 27.9 Å². The fourth-order valence-electron chi connectivity index (χ4n) is 1.85. The van der Waals surface area contributed by atoms with E-state index < -0.39 is 0 Å². The molecule has 0 bridgehead atoms. The molecule has 2 rings (SSSR count). The Labute approximate surface area is 148 Å². The third-order valence-electron chi connectivity index (χ3n) is 3.03. The van der Waals surface area contributed by atoms with E-state index >= 15 is 0 Å². The van der Waals surface area contributed by atoms with Crippen LogP contribution in [0.25, 0.3) is 0 Å². The number of carbonyl (C=O) groups is 1. The zero-order valence-electron chi connectivity index (χ0n) is 12.4. The summed E-state index contributed by atoms with van der Waals surface area (Å²) in [5.41, 5.74) is 1.82. The van der Waals surface area contributed by atoms with Crippen LogP contribution in [0.5, 0.6) is 0 Å². The van der Waals surface area contributed by atoms with Crippen LogP contribution in [-0.4, -0.2) is 16.1 Å². The Balaban J connectivity index is 1.98. The first-order chi connectivity index (χ1) is 10.4. The van der Waals surface area contributed by atoms with Gasteiger partial charge >= 0.3 is 0 Å². The van der Waals surface area contributed by atoms with Gasteiger partial charge < -0.3 is 5.32 Å². The minimum atomic E-state index is -0.223. The van der Waals surface area contributed by atoms with Gasteiger partial charge in [0.25, 0.3) is 0 Å². The topological polar surface area (TPSA) is 42.0 Å². The molecule has 0 spiro atoms. The Morgan fingerprint density at radius 3 is 2.68 bits per heavy atom. The molecule has 118 valence electrons. The zero-order valence-corrected chi connectivity index (χ0v) is 15.5. The van der Waals surface area contributed by atoms with Crippen LogP contribution >= 0.6 is 46.3 Å². The van der Waals surface area contributed by atoms with Crippen molar-refractivity contribution in [3.05, 3.63) is 44.9 Å². The maximum absolute atomic E-state index is 12.3. The molecule has 0 aliphatic rings. The van der Waals surface area contributed by atoms with Crippen LogP contribution in [0.4, 0.5) is 0 Å². The number of aromatic nitrogens is 1. The highest BCUT2D eigenvalue weighted by Crippen LogP contribution is 2.29. The number of aryl methyl sites for hydroxylation is 1. The Bertz CT molecular complexity index is 675. The molecular weight excluding hydrogens is 359 g/mol. The van der Waals surface area contributed by atoms with E-state index in [1.54, 1.807) is 23.5 Å². The van der Waals surface area contributed by atoms with Crippen LogP contribution in [0.2, 0.25) is 10.0 Å². The number of hydrogen-bond acceptors (Lipinski definition) is 4. The number of thioether (sulfide) groups is 1. The number of carbonyl (C=O) groups excluding carboxylic acids is 1. The van der Waals surface area contributed by atoms with Gasteiger partial charge in [0.05, 0.1) is 11.3 Å². The molecule has 0 aliphatic heterocycles. The van der Waals surface area contributed by atoms with Crippen molar-refractivity contribution in [3.8, 4) is 0 Å². The summed E-state index contributed by atoms with van der Waals surface area (Å²) in [5.74, 6) is -0.0450. The number of nitrogens with zero attached hydrogens (tertiary/aromatic N) is 1. The van der Waals surface area contributed by atoms with Crippen LogP contribution in [0, 0.1) is 6.92 Å². The molecule has 0 fully saturated rings. The summed E-state index contributed by atoms with van der Waals surface area (Å²) in [4.78, 5) is 16.7. The van der Waals surface area contributed by atoms with Crippen LogP contribution in [0.1, 0.15) is 31.1 Å². The molecule has 0 aliphatic carbocycles. The fraction of sp³-hybridized carbons (Fsp3) is 0.333. The third kappa shape index (κ3) is 4.62. The molecule has 1 amide bonds. The van der Waals surface area contributed by atoms with Gasteiger partial charge in [-0.2, -0.15) is 0 Å². The summed E-state index contributed by atoms with van der Waals surface area (Å²) in [6, 6.07) is 5.09. The van der Waals surface area contributed by atoms with Gasteiger partial charge in [0.2, 0.25) is 5.91 Å². The summed E-state index contributed by atoms with van der Waals surface area (Å²) in [6.45, 7) is 5.71. The van der Waals surface area contributed by atoms with E-state index in [9.17, 15) is 4.79 Å². The van der Waals surface area contributed by atoms with Crippen molar-refractivity contribution >= 4 is 52.2 Å². The number of benzene rings is 1. The molecule has 1 aromatic carbocycles. The molecule has 2 unspecified atom stereocenters. The normalized spacial score (nSPS) is 13.7. The number of hydrogen-bond donors (Lipinski definition) is 1. The monoisotopic (exact) mass is 374 g/mol.